The van der Waals surface area contributed by atoms with Crippen molar-refractivity contribution in [2.24, 2.45) is 0 Å². The Morgan fingerprint density at radius 3 is 2.52 bits per heavy atom. The minimum atomic E-state index is -0.0669. The summed E-state index contributed by atoms with van der Waals surface area (Å²) in [5.41, 5.74) is 3.07. The van der Waals surface area contributed by atoms with Crippen LogP contribution in [-0.4, -0.2) is 29.2 Å². The zero-order valence-corrected chi connectivity index (χ0v) is 16.1. The van der Waals surface area contributed by atoms with E-state index in [-0.39, 0.29) is 24.1 Å². The van der Waals surface area contributed by atoms with Crippen molar-refractivity contribution in [3.8, 4) is 0 Å². The van der Waals surface area contributed by atoms with Crippen LogP contribution in [0.3, 0.4) is 0 Å². The summed E-state index contributed by atoms with van der Waals surface area (Å²) in [6.45, 7) is 1.51. The first-order valence-corrected chi connectivity index (χ1v) is 9.24. The standard InChI is InChI=1S/C22H22N4O3/c1-15(27)14-24-22(23)25-20-13-19(26-29-20)11-10-16-6-5-9-18(12-16)21(28)17-7-3-2-4-8-17/h2-9,12-13H,10-11,14H2,1H3,(H3,23,24,25). The molecule has 3 rings (SSSR count). The van der Waals surface area contributed by atoms with Crippen LogP contribution < -0.4 is 10.6 Å². The molecule has 1 heterocycles. The first-order chi connectivity index (χ1) is 14.0. The van der Waals surface area contributed by atoms with E-state index in [0.29, 0.717) is 29.9 Å². The Morgan fingerprint density at radius 1 is 1.00 bits per heavy atom. The molecule has 7 nitrogen and oxygen atoms in total. The monoisotopic (exact) mass is 390 g/mol. The maximum absolute atomic E-state index is 12.6. The first-order valence-electron chi connectivity index (χ1n) is 9.24. The third-order valence-corrected chi connectivity index (χ3v) is 4.22. The number of nitrogens with zero attached hydrogens (tertiary/aromatic N) is 1. The predicted octanol–water partition coefficient (Wildman–Crippen LogP) is 3.22. The van der Waals surface area contributed by atoms with Crippen LogP contribution in [0.4, 0.5) is 5.88 Å². The Kier molecular flexibility index (Phi) is 6.52. The number of anilines is 1. The van der Waals surface area contributed by atoms with E-state index in [4.69, 9.17) is 9.93 Å². The molecule has 29 heavy (non-hydrogen) atoms. The molecular weight excluding hydrogens is 368 g/mol. The lowest BCUT2D eigenvalue weighted by molar-refractivity contribution is -0.116. The van der Waals surface area contributed by atoms with E-state index < -0.39 is 0 Å². The van der Waals surface area contributed by atoms with Crippen molar-refractivity contribution in [2.45, 2.75) is 19.8 Å². The Morgan fingerprint density at radius 2 is 1.76 bits per heavy atom. The van der Waals surface area contributed by atoms with Gasteiger partial charge in [-0.15, -0.1) is 0 Å². The molecule has 0 radical (unpaired) electrons. The molecule has 0 fully saturated rings. The van der Waals surface area contributed by atoms with Gasteiger partial charge in [0.05, 0.1) is 12.2 Å². The number of nitrogens with one attached hydrogen (secondary N) is 3. The number of hydrogen-bond donors (Lipinski definition) is 3. The van der Waals surface area contributed by atoms with E-state index >= 15 is 0 Å². The van der Waals surface area contributed by atoms with E-state index in [1.807, 2.05) is 54.6 Å². The zero-order valence-electron chi connectivity index (χ0n) is 16.1. The second kappa shape index (κ2) is 9.45. The molecule has 2 aromatic carbocycles. The number of aryl methyl sites for hydroxylation is 2. The van der Waals surface area contributed by atoms with Crippen LogP contribution in [0.15, 0.2) is 65.2 Å². The summed E-state index contributed by atoms with van der Waals surface area (Å²) in [4.78, 5) is 23.5. The average Bonchev–Trinajstić information content (AvgIpc) is 3.18. The van der Waals surface area contributed by atoms with Crippen molar-refractivity contribution in [1.29, 1.82) is 5.41 Å². The minimum Gasteiger partial charge on any atom is -0.349 e. The van der Waals surface area contributed by atoms with Gasteiger partial charge in [0.2, 0.25) is 5.88 Å². The molecule has 3 aromatic rings. The maximum Gasteiger partial charge on any atom is 0.231 e. The minimum absolute atomic E-state index is 0.00283. The fourth-order valence-corrected chi connectivity index (χ4v) is 2.77. The molecule has 0 bridgehead atoms. The zero-order chi connectivity index (χ0) is 20.6. The van der Waals surface area contributed by atoms with Crippen molar-refractivity contribution in [3.05, 3.63) is 83.0 Å². The smallest absolute Gasteiger partial charge is 0.231 e. The Labute approximate surface area is 168 Å². The van der Waals surface area contributed by atoms with Crippen molar-refractivity contribution >= 4 is 23.4 Å². The molecule has 0 aliphatic carbocycles. The molecule has 0 saturated heterocycles. The van der Waals surface area contributed by atoms with E-state index in [1.165, 1.54) is 6.92 Å². The number of rotatable bonds is 8. The SMILES string of the molecule is CC(=O)CNC(=N)Nc1cc(CCc2cccc(C(=O)c3ccccc3)c2)no1. The van der Waals surface area contributed by atoms with E-state index in [1.54, 1.807) is 6.07 Å². The lowest BCUT2D eigenvalue weighted by Gasteiger charge is -2.05. The number of ketones is 2. The number of benzene rings is 2. The highest BCUT2D eigenvalue weighted by Crippen LogP contribution is 2.15. The molecule has 1 aromatic heterocycles. The number of hydrogen-bond acceptors (Lipinski definition) is 5. The summed E-state index contributed by atoms with van der Waals surface area (Å²) >= 11 is 0. The van der Waals surface area contributed by atoms with Gasteiger partial charge in [-0.2, -0.15) is 0 Å². The van der Waals surface area contributed by atoms with E-state index in [2.05, 4.69) is 15.8 Å². The van der Waals surface area contributed by atoms with Gasteiger partial charge in [-0.3, -0.25) is 20.3 Å². The first kappa shape index (κ1) is 20.0. The van der Waals surface area contributed by atoms with Crippen molar-refractivity contribution in [3.63, 3.8) is 0 Å². The van der Waals surface area contributed by atoms with Crippen LogP contribution in [0.5, 0.6) is 0 Å². The van der Waals surface area contributed by atoms with Gasteiger partial charge in [0.15, 0.2) is 11.7 Å². The predicted molar refractivity (Wildman–Crippen MR) is 110 cm³/mol. The molecule has 0 saturated carbocycles. The lowest BCUT2D eigenvalue weighted by atomic mass is 9.99. The molecule has 7 heteroatoms. The van der Waals surface area contributed by atoms with Crippen LogP contribution in [-0.2, 0) is 17.6 Å². The molecule has 0 aliphatic rings. The molecule has 0 atom stereocenters. The van der Waals surface area contributed by atoms with Crippen LogP contribution in [0, 0.1) is 5.41 Å². The lowest BCUT2D eigenvalue weighted by Crippen LogP contribution is -2.32. The third kappa shape index (κ3) is 5.87. The molecular formula is C22H22N4O3. The highest BCUT2D eigenvalue weighted by atomic mass is 16.5. The topological polar surface area (TPSA) is 108 Å². The van der Waals surface area contributed by atoms with Crippen molar-refractivity contribution in [1.82, 2.24) is 10.5 Å². The molecule has 3 N–H and O–H groups in total. The summed E-state index contributed by atoms with van der Waals surface area (Å²) in [7, 11) is 0. The van der Waals surface area contributed by atoms with Gasteiger partial charge in [0, 0.05) is 17.2 Å². The Hall–Kier alpha value is -3.74. The maximum atomic E-state index is 12.6. The number of guanidine groups is 1. The van der Waals surface area contributed by atoms with Gasteiger partial charge in [-0.1, -0.05) is 53.7 Å². The molecule has 0 aliphatic heterocycles. The molecule has 0 amide bonds. The number of aromatic nitrogens is 1. The van der Waals surface area contributed by atoms with Crippen LogP contribution in [0.25, 0.3) is 0 Å². The van der Waals surface area contributed by atoms with Gasteiger partial charge in [-0.05, 0) is 31.4 Å². The third-order valence-electron chi connectivity index (χ3n) is 4.22. The summed E-state index contributed by atoms with van der Waals surface area (Å²) in [6, 6.07) is 18.5. The number of Topliss-reactive ketones (excluding diaryl/α,β-unsaturated/α-hetero) is 1. The second-order valence-corrected chi connectivity index (χ2v) is 6.63. The van der Waals surface area contributed by atoms with Gasteiger partial charge >= 0.3 is 0 Å². The quantitative estimate of drug-likeness (QED) is 0.310. The molecule has 0 unspecified atom stereocenters. The normalized spacial score (nSPS) is 10.4. The van der Waals surface area contributed by atoms with Crippen molar-refractivity contribution < 1.29 is 14.1 Å². The highest BCUT2D eigenvalue weighted by molar-refractivity contribution is 6.09. The van der Waals surface area contributed by atoms with Crippen molar-refractivity contribution in [2.75, 3.05) is 11.9 Å². The van der Waals surface area contributed by atoms with Gasteiger partial charge in [-0.25, -0.2) is 0 Å². The second-order valence-electron chi connectivity index (χ2n) is 6.63. The Bertz CT molecular complexity index is 1010. The van der Waals surface area contributed by atoms with Gasteiger partial charge < -0.3 is 9.84 Å². The summed E-state index contributed by atoms with van der Waals surface area (Å²) in [5.74, 6) is 0.226. The van der Waals surface area contributed by atoms with Crippen LogP contribution >= 0.6 is 0 Å². The average molecular weight is 390 g/mol. The summed E-state index contributed by atoms with van der Waals surface area (Å²) < 4.78 is 5.17. The van der Waals surface area contributed by atoms with Gasteiger partial charge in [0.25, 0.3) is 0 Å². The molecule has 0 spiro atoms. The van der Waals surface area contributed by atoms with E-state index in [0.717, 1.165) is 11.3 Å². The van der Waals surface area contributed by atoms with Crippen LogP contribution in [0.2, 0.25) is 0 Å². The number of carbonyl (C=O) groups excluding carboxylic acids is 2. The summed E-state index contributed by atoms with van der Waals surface area (Å²) in [6.07, 6.45) is 1.32. The van der Waals surface area contributed by atoms with E-state index in [9.17, 15) is 9.59 Å². The van der Waals surface area contributed by atoms with Crippen LogP contribution in [0.1, 0.15) is 34.1 Å². The highest BCUT2D eigenvalue weighted by Gasteiger charge is 2.10. The number of carbonyl (C=O) groups is 2. The molecule has 148 valence electrons. The fraction of sp³-hybridized carbons (Fsp3) is 0.182. The Balaban J connectivity index is 1.57. The van der Waals surface area contributed by atoms with Gasteiger partial charge in [0.1, 0.15) is 5.78 Å². The largest absolute Gasteiger partial charge is 0.349 e. The summed E-state index contributed by atoms with van der Waals surface area (Å²) in [5, 5.41) is 17.0. The fourth-order valence-electron chi connectivity index (χ4n) is 2.77.